The van der Waals surface area contributed by atoms with Crippen LogP contribution in [0.25, 0.3) is 0 Å². The van der Waals surface area contributed by atoms with Gasteiger partial charge in [-0.3, -0.25) is 0 Å². The van der Waals surface area contributed by atoms with Gasteiger partial charge >= 0.3 is 0 Å². The summed E-state index contributed by atoms with van der Waals surface area (Å²) in [5, 5.41) is 0. The molecule has 0 aromatic rings. The van der Waals surface area contributed by atoms with Crippen LogP contribution in [0.2, 0.25) is 0 Å². The average Bonchev–Trinajstić information content (AvgIpc) is 1.58. The van der Waals surface area contributed by atoms with Gasteiger partial charge in [0.1, 0.15) is 0 Å². The van der Waals surface area contributed by atoms with Crippen LogP contribution in [0.3, 0.4) is 0 Å². The van der Waals surface area contributed by atoms with E-state index in [1.54, 1.807) is 0 Å². The van der Waals surface area contributed by atoms with Crippen molar-refractivity contribution in [1.82, 2.24) is 4.90 Å². The van der Waals surface area contributed by atoms with Gasteiger partial charge in [-0.25, -0.2) is 0 Å². The molecule has 60 valence electrons. The Morgan fingerprint density at radius 3 is 1.40 bits per heavy atom. The van der Waals surface area contributed by atoms with Crippen molar-refractivity contribution in [3.63, 3.8) is 0 Å². The Morgan fingerprint density at radius 2 is 1.20 bits per heavy atom. The molecule has 0 aromatic heterocycles. The van der Waals surface area contributed by atoms with Gasteiger partial charge in [-0.05, 0) is 18.9 Å². The molecule has 0 bridgehead atoms. The molecule has 0 heterocycles. The van der Waals surface area contributed by atoms with Gasteiger partial charge in [0.05, 0.1) is 0 Å². The van der Waals surface area contributed by atoms with E-state index in [-0.39, 0.29) is 0 Å². The Labute approximate surface area is 65.4 Å². The molecule has 0 amide bonds. The Balaban J connectivity index is 3.34. The Hall–Kier alpha value is -0.0400. The molecule has 0 aromatic carbocycles. The van der Waals surface area contributed by atoms with E-state index in [1.807, 2.05) is 0 Å². The Bertz CT molecular complexity index is 66.8. The first kappa shape index (κ1) is 9.96. The van der Waals surface area contributed by atoms with E-state index in [9.17, 15) is 0 Å². The Morgan fingerprint density at radius 1 is 0.900 bits per heavy atom. The zero-order valence-electron chi connectivity index (χ0n) is 7.86. The summed E-state index contributed by atoms with van der Waals surface area (Å²) < 4.78 is 0. The van der Waals surface area contributed by atoms with Crippen molar-refractivity contribution in [1.29, 1.82) is 0 Å². The molecule has 1 nitrogen and oxygen atoms in total. The molecule has 0 atom stereocenters. The summed E-state index contributed by atoms with van der Waals surface area (Å²) in [4.78, 5) is 2.32. The van der Waals surface area contributed by atoms with Crippen LogP contribution in [0.5, 0.6) is 0 Å². The van der Waals surface area contributed by atoms with Crippen LogP contribution in [0.15, 0.2) is 0 Å². The summed E-state index contributed by atoms with van der Waals surface area (Å²) in [7, 11) is 2.15. The topological polar surface area (TPSA) is 3.24 Å². The van der Waals surface area contributed by atoms with Gasteiger partial charge < -0.3 is 4.90 Å². The van der Waals surface area contributed by atoms with Crippen LogP contribution in [-0.2, 0) is 0 Å². The van der Waals surface area contributed by atoms with Gasteiger partial charge in [-0.2, -0.15) is 0 Å². The summed E-state index contributed by atoms with van der Waals surface area (Å²) in [5.74, 6) is 2.95. The van der Waals surface area contributed by atoms with Gasteiger partial charge in [-0.15, -0.1) is 0 Å². The van der Waals surface area contributed by atoms with Crippen LogP contribution < -0.4 is 0 Å². The lowest BCUT2D eigenvalue weighted by atomic mass is 10.1. The van der Waals surface area contributed by atoms with Gasteiger partial charge in [0, 0.05) is 13.1 Å². The van der Waals surface area contributed by atoms with Crippen molar-refractivity contribution in [3.8, 4) is 0 Å². The predicted octanol–water partition coefficient (Wildman–Crippen LogP) is 2.15. The molecule has 0 spiro atoms. The summed E-state index contributed by atoms with van der Waals surface area (Å²) in [5.41, 5.74) is 0. The monoisotopic (exact) mass is 141 g/mol. The first-order valence-corrected chi connectivity index (χ1v) is 3.79. The molecule has 0 unspecified atom stereocenters. The highest BCUT2D eigenvalue weighted by atomic mass is 15.1. The molecule has 1 heteroatoms. The highest BCUT2D eigenvalue weighted by Crippen LogP contribution is 2.02. The molecule has 2 radical (unpaired) electrons. The van der Waals surface area contributed by atoms with Crippen molar-refractivity contribution in [3.05, 3.63) is 11.8 Å². The number of hydrogen-bond acceptors (Lipinski definition) is 1. The van der Waals surface area contributed by atoms with Crippen molar-refractivity contribution in [2.75, 3.05) is 20.1 Å². The largest absolute Gasteiger partial charge is 0.305 e. The third kappa shape index (κ3) is 6.09. The third-order valence-electron chi connectivity index (χ3n) is 1.17. The van der Waals surface area contributed by atoms with Crippen molar-refractivity contribution in [2.24, 2.45) is 0 Å². The van der Waals surface area contributed by atoms with E-state index < -0.39 is 0 Å². The Kier molecular flexibility index (Phi) is 4.71. The van der Waals surface area contributed by atoms with Crippen LogP contribution in [-0.4, -0.2) is 25.0 Å². The second-order valence-electron chi connectivity index (χ2n) is 3.59. The van der Waals surface area contributed by atoms with E-state index in [0.29, 0.717) is 0 Å². The minimum absolute atomic E-state index is 1.12. The summed E-state index contributed by atoms with van der Waals surface area (Å²) >= 11 is 0. The van der Waals surface area contributed by atoms with Gasteiger partial charge in [0.15, 0.2) is 0 Å². The number of nitrogens with zero attached hydrogens (tertiary/aromatic N) is 1. The fraction of sp³-hybridized carbons (Fsp3) is 0.778. The number of rotatable bonds is 4. The highest BCUT2D eigenvalue weighted by molar-refractivity contribution is 4.86. The van der Waals surface area contributed by atoms with Crippen molar-refractivity contribution < 1.29 is 0 Å². The SMILES string of the molecule is C[C](C)CN(C)C[C](C)C. The molecule has 0 N–H and O–H groups in total. The highest BCUT2D eigenvalue weighted by Gasteiger charge is 2.03. The van der Waals surface area contributed by atoms with E-state index >= 15 is 0 Å². The molecule has 0 fully saturated rings. The maximum atomic E-state index is 2.32. The predicted molar refractivity (Wildman–Crippen MR) is 46.7 cm³/mol. The zero-order chi connectivity index (χ0) is 8.15. The maximum absolute atomic E-state index is 2.32. The van der Waals surface area contributed by atoms with Gasteiger partial charge in [0.2, 0.25) is 0 Å². The van der Waals surface area contributed by atoms with Gasteiger partial charge in [-0.1, -0.05) is 27.7 Å². The summed E-state index contributed by atoms with van der Waals surface area (Å²) in [6, 6.07) is 0. The second-order valence-corrected chi connectivity index (χ2v) is 3.59. The fourth-order valence-corrected chi connectivity index (χ4v) is 1.14. The molecule has 0 saturated heterocycles. The van der Waals surface area contributed by atoms with E-state index in [0.717, 1.165) is 13.1 Å². The average molecular weight is 141 g/mol. The van der Waals surface area contributed by atoms with E-state index in [4.69, 9.17) is 0 Å². The standard InChI is InChI=1S/C9H19N/c1-8(2)6-10(5)7-9(3)4/h6-7H2,1-5H3. The zero-order valence-corrected chi connectivity index (χ0v) is 7.86. The van der Waals surface area contributed by atoms with E-state index in [2.05, 4.69) is 39.6 Å². The lowest BCUT2D eigenvalue weighted by molar-refractivity contribution is 0.360. The third-order valence-corrected chi connectivity index (χ3v) is 1.17. The summed E-state index contributed by atoms with van der Waals surface area (Å²) in [6.07, 6.45) is 0. The fourth-order valence-electron chi connectivity index (χ4n) is 1.14. The maximum Gasteiger partial charge on any atom is 0.00355 e. The smallest absolute Gasteiger partial charge is 0.00355 e. The normalized spacial score (nSPS) is 12.0. The minimum Gasteiger partial charge on any atom is -0.305 e. The molecule has 0 aliphatic rings. The molecular weight excluding hydrogens is 122 g/mol. The second kappa shape index (κ2) is 4.73. The quantitative estimate of drug-likeness (QED) is 0.580. The lowest BCUT2D eigenvalue weighted by Gasteiger charge is -2.19. The van der Waals surface area contributed by atoms with Crippen molar-refractivity contribution in [2.45, 2.75) is 27.7 Å². The van der Waals surface area contributed by atoms with Crippen LogP contribution in [0.4, 0.5) is 0 Å². The first-order chi connectivity index (χ1) is 4.52. The van der Waals surface area contributed by atoms with Crippen LogP contribution in [0, 0.1) is 11.8 Å². The van der Waals surface area contributed by atoms with Crippen molar-refractivity contribution >= 4 is 0 Å². The van der Waals surface area contributed by atoms with E-state index in [1.165, 1.54) is 11.8 Å². The lowest BCUT2D eigenvalue weighted by Crippen LogP contribution is -2.25. The van der Waals surface area contributed by atoms with Gasteiger partial charge in [0.25, 0.3) is 0 Å². The van der Waals surface area contributed by atoms with Crippen LogP contribution in [0.1, 0.15) is 27.7 Å². The molecule has 0 aliphatic carbocycles. The summed E-state index contributed by atoms with van der Waals surface area (Å²) in [6.45, 7) is 10.9. The number of hydrogen-bond donors (Lipinski definition) is 0. The molecular formula is C9H19N. The minimum atomic E-state index is 1.12. The molecule has 10 heavy (non-hydrogen) atoms. The molecule has 0 aliphatic heterocycles. The molecule has 0 saturated carbocycles. The van der Waals surface area contributed by atoms with Crippen LogP contribution >= 0.6 is 0 Å². The first-order valence-electron chi connectivity index (χ1n) is 3.79. The molecule has 0 rings (SSSR count).